The van der Waals surface area contributed by atoms with E-state index in [2.05, 4.69) is 172 Å². The molecule has 0 bridgehead atoms. The van der Waals surface area contributed by atoms with Crippen molar-refractivity contribution < 1.29 is 42.9 Å². The molecule has 0 N–H and O–H groups in total. The Bertz CT molecular complexity index is 2130. The number of carboxylic acids is 1. The van der Waals surface area contributed by atoms with Crippen molar-refractivity contribution in [1.82, 2.24) is 0 Å². The van der Waals surface area contributed by atoms with Crippen LogP contribution in [0.1, 0.15) is 309 Å². The highest BCUT2D eigenvalue weighted by molar-refractivity contribution is 5.70. The number of carboxylic acid groups (broad SMARTS) is 1. The van der Waals surface area contributed by atoms with Gasteiger partial charge in [-0.3, -0.25) is 9.59 Å². The SMILES string of the molecule is CC/C=C\C/C=C\C/C=C\C/C=C\C/C=C\C/C=C\C/C=C\C/C=C\C/C=C\CCCCCC(=O)OC(COC(=O)CCCCCCCCCCCCCCCCCCCCCCCCCCCC/C=C\C/C=C\C/C=C\C/C=C\CC)COC(OCC[N+](C)(C)C)C(=O)[O-]. The van der Waals surface area contributed by atoms with E-state index < -0.39 is 24.3 Å². The molecule has 9 nitrogen and oxygen atoms in total. The van der Waals surface area contributed by atoms with Crippen LogP contribution in [0.4, 0.5) is 0 Å². The predicted octanol–water partition coefficient (Wildman–Crippen LogP) is 23.5. The molecule has 2 atom stereocenters. The molecule has 0 saturated heterocycles. The van der Waals surface area contributed by atoms with Gasteiger partial charge in [-0.2, -0.15) is 0 Å². The molecule has 95 heavy (non-hydrogen) atoms. The Balaban J connectivity index is 4.10. The number of esters is 2. The van der Waals surface area contributed by atoms with Crippen molar-refractivity contribution in [2.45, 2.75) is 322 Å². The number of unbranched alkanes of at least 4 members (excludes halogenated alkanes) is 29. The van der Waals surface area contributed by atoms with Crippen LogP contribution in [0.5, 0.6) is 0 Å². The van der Waals surface area contributed by atoms with Gasteiger partial charge in [-0.15, -0.1) is 0 Å². The van der Waals surface area contributed by atoms with Gasteiger partial charge < -0.3 is 33.3 Å². The summed E-state index contributed by atoms with van der Waals surface area (Å²) >= 11 is 0. The smallest absolute Gasteiger partial charge is 0.306 e. The van der Waals surface area contributed by atoms with Crippen LogP contribution in [0.2, 0.25) is 0 Å². The molecule has 2 unspecified atom stereocenters. The zero-order chi connectivity index (χ0) is 69.0. The van der Waals surface area contributed by atoms with Crippen LogP contribution in [0.3, 0.4) is 0 Å². The van der Waals surface area contributed by atoms with Crippen molar-refractivity contribution in [3.63, 3.8) is 0 Å². The van der Waals surface area contributed by atoms with Crippen molar-refractivity contribution in [1.29, 1.82) is 0 Å². The van der Waals surface area contributed by atoms with Crippen LogP contribution in [0.15, 0.2) is 158 Å². The summed E-state index contributed by atoms with van der Waals surface area (Å²) in [6, 6.07) is 0. The second kappa shape index (κ2) is 74.7. The van der Waals surface area contributed by atoms with Crippen LogP contribution >= 0.6 is 0 Å². The fourth-order valence-electron chi connectivity index (χ4n) is 10.5. The fourth-order valence-corrected chi connectivity index (χ4v) is 10.5. The highest BCUT2D eigenvalue weighted by Gasteiger charge is 2.22. The number of carbonyl (C=O) groups excluding carboxylic acids is 3. The molecule has 0 aliphatic heterocycles. The van der Waals surface area contributed by atoms with E-state index in [1.807, 2.05) is 21.1 Å². The van der Waals surface area contributed by atoms with Gasteiger partial charge in [0.25, 0.3) is 0 Å². The number of carbonyl (C=O) groups is 3. The summed E-state index contributed by atoms with van der Waals surface area (Å²) in [5, 5.41) is 11.8. The first-order valence-electron chi connectivity index (χ1n) is 38.6. The molecule has 0 aromatic heterocycles. The molecular formula is C86H143NO8. The van der Waals surface area contributed by atoms with Crippen LogP contribution in [-0.4, -0.2) is 82.3 Å². The van der Waals surface area contributed by atoms with E-state index >= 15 is 0 Å². The molecule has 0 aromatic rings. The summed E-state index contributed by atoms with van der Waals surface area (Å²) in [6.45, 7) is 4.49. The van der Waals surface area contributed by atoms with Crippen molar-refractivity contribution in [2.24, 2.45) is 0 Å². The highest BCUT2D eigenvalue weighted by atomic mass is 16.7. The maximum atomic E-state index is 12.9. The first kappa shape index (κ1) is 89.9. The molecule has 0 rings (SSSR count). The van der Waals surface area contributed by atoms with Crippen LogP contribution < -0.4 is 5.11 Å². The summed E-state index contributed by atoms with van der Waals surface area (Å²) in [7, 11) is 5.92. The van der Waals surface area contributed by atoms with Gasteiger partial charge in [0.05, 0.1) is 40.3 Å². The summed E-state index contributed by atoms with van der Waals surface area (Å²) in [4.78, 5) is 37.6. The predicted molar refractivity (Wildman–Crippen MR) is 407 cm³/mol. The number of likely N-dealkylation sites (N-methyl/N-ethyl adjacent to an activating group) is 1. The standard InChI is InChI=1S/C86H143NO8/c1-6-8-10-12-14-16-18-20-22-24-26-28-30-32-34-36-38-39-40-41-42-43-44-45-47-48-50-52-54-56-58-60-62-64-66-68-70-72-74-76-83(88)93-80-82(81-94-86(85(90)91)92-79-78-87(3,4)5)95-84(89)77-75-73-71-69-67-65-63-61-59-57-55-53-51-49-46-37-35-33-31-29-27-25-23-21-19-17-15-13-11-9-7-2/h8-11,14-17,20-23,26-29,33,35,46,49,53,55,59,61,65,67,82,86H,6-7,12-13,18-19,24-25,30-32,34,36-45,47-48,50-52,54,56-58,60,62-64,66,68-81H2,1-5H3/b10-8-,11-9-,16-14-,17-15-,22-20-,23-21-,28-26-,29-27-,35-33-,49-46-,55-53-,61-59-,67-65-. The van der Waals surface area contributed by atoms with E-state index in [-0.39, 0.29) is 38.6 Å². The quantitative estimate of drug-likeness (QED) is 0.0195. The molecule has 0 fully saturated rings. The van der Waals surface area contributed by atoms with Gasteiger partial charge in [-0.1, -0.05) is 332 Å². The van der Waals surface area contributed by atoms with Crippen LogP contribution in [0, 0.1) is 0 Å². The molecule has 0 aliphatic rings. The molecular weight excluding hydrogens is 1170 g/mol. The van der Waals surface area contributed by atoms with Crippen molar-refractivity contribution in [2.75, 3.05) is 47.5 Å². The summed E-state index contributed by atoms with van der Waals surface area (Å²) in [5.41, 5.74) is 0. The average Bonchev–Trinajstić information content (AvgIpc) is 3.24. The second-order valence-corrected chi connectivity index (χ2v) is 26.5. The lowest BCUT2D eigenvalue weighted by Gasteiger charge is -2.26. The lowest BCUT2D eigenvalue weighted by molar-refractivity contribution is -0.870. The first-order valence-corrected chi connectivity index (χ1v) is 38.6. The van der Waals surface area contributed by atoms with Gasteiger partial charge in [-0.25, -0.2) is 0 Å². The van der Waals surface area contributed by atoms with E-state index in [0.29, 0.717) is 17.4 Å². The number of allylic oxidation sites excluding steroid dienone is 26. The lowest BCUT2D eigenvalue weighted by Crippen LogP contribution is -2.44. The van der Waals surface area contributed by atoms with Gasteiger partial charge in [0.2, 0.25) is 0 Å². The van der Waals surface area contributed by atoms with Crippen LogP contribution in [-0.2, 0) is 33.3 Å². The molecule has 0 spiro atoms. The molecule has 0 amide bonds. The molecule has 0 aromatic carbocycles. The van der Waals surface area contributed by atoms with E-state index in [4.69, 9.17) is 18.9 Å². The van der Waals surface area contributed by atoms with Gasteiger partial charge in [0.1, 0.15) is 13.2 Å². The van der Waals surface area contributed by atoms with E-state index in [1.54, 1.807) is 0 Å². The Kier molecular flexibility index (Phi) is 70.7. The Morgan fingerprint density at radius 2 is 0.568 bits per heavy atom. The lowest BCUT2D eigenvalue weighted by atomic mass is 10.0. The van der Waals surface area contributed by atoms with E-state index in [9.17, 15) is 19.5 Å². The number of aliphatic carboxylic acids is 1. The maximum Gasteiger partial charge on any atom is 0.306 e. The minimum absolute atomic E-state index is 0.134. The van der Waals surface area contributed by atoms with Crippen LogP contribution in [0.25, 0.3) is 0 Å². The summed E-state index contributed by atoms with van der Waals surface area (Å²) < 4.78 is 22.8. The molecule has 9 heteroatoms. The van der Waals surface area contributed by atoms with Crippen molar-refractivity contribution >= 4 is 17.9 Å². The summed E-state index contributed by atoms with van der Waals surface area (Å²) in [6.07, 6.45) is 108. The summed E-state index contributed by atoms with van der Waals surface area (Å²) in [5.74, 6) is -2.33. The number of hydrogen-bond acceptors (Lipinski definition) is 8. The Labute approximate surface area is 584 Å². The molecule has 0 heterocycles. The molecule has 540 valence electrons. The minimum Gasteiger partial charge on any atom is -0.545 e. The number of rotatable bonds is 70. The van der Waals surface area contributed by atoms with E-state index in [0.717, 1.165) is 122 Å². The maximum absolute atomic E-state index is 12.9. The number of quaternary nitrogens is 1. The molecule has 0 saturated carbocycles. The van der Waals surface area contributed by atoms with Gasteiger partial charge in [0.15, 0.2) is 12.4 Å². The molecule has 0 aliphatic carbocycles. The zero-order valence-corrected chi connectivity index (χ0v) is 61.7. The Morgan fingerprint density at radius 1 is 0.316 bits per heavy atom. The Morgan fingerprint density at radius 3 is 0.853 bits per heavy atom. The van der Waals surface area contributed by atoms with Crippen molar-refractivity contribution in [3.05, 3.63) is 158 Å². The third kappa shape index (κ3) is 76.1. The third-order valence-electron chi connectivity index (χ3n) is 16.3. The first-order chi connectivity index (χ1) is 46.6. The second-order valence-electron chi connectivity index (χ2n) is 26.5. The van der Waals surface area contributed by atoms with Gasteiger partial charge in [-0.05, 0) is 122 Å². The normalized spacial score (nSPS) is 13.6. The van der Waals surface area contributed by atoms with E-state index in [1.165, 1.54) is 154 Å². The number of nitrogens with zero attached hydrogens (tertiary/aromatic N) is 1. The number of hydrogen-bond donors (Lipinski definition) is 0. The third-order valence-corrected chi connectivity index (χ3v) is 16.3. The monoisotopic (exact) mass is 1320 g/mol. The molecule has 0 radical (unpaired) electrons. The van der Waals surface area contributed by atoms with Crippen molar-refractivity contribution in [3.8, 4) is 0 Å². The number of ether oxygens (including phenoxy) is 4. The zero-order valence-electron chi connectivity index (χ0n) is 61.7. The fraction of sp³-hybridized carbons (Fsp3) is 0.663. The van der Waals surface area contributed by atoms with Gasteiger partial charge >= 0.3 is 11.9 Å². The highest BCUT2D eigenvalue weighted by Crippen LogP contribution is 2.18. The topological polar surface area (TPSA) is 111 Å². The minimum atomic E-state index is -1.64. The van der Waals surface area contributed by atoms with Gasteiger partial charge in [0, 0.05) is 12.8 Å². The Hall–Kier alpha value is -5.09. The average molecular weight is 1320 g/mol. The largest absolute Gasteiger partial charge is 0.545 e.